The van der Waals surface area contributed by atoms with Gasteiger partial charge >= 0.3 is 11.9 Å². The number of aliphatic carboxylic acids is 2. The Kier molecular flexibility index (Phi) is 4.96. The van der Waals surface area contributed by atoms with Crippen LogP contribution in [0.3, 0.4) is 0 Å². The van der Waals surface area contributed by atoms with Gasteiger partial charge in [-0.2, -0.15) is 0 Å². The third kappa shape index (κ3) is 3.23. The Morgan fingerprint density at radius 1 is 1.43 bits per heavy atom. The fraction of sp³-hybridized carbons (Fsp3) is 0.429. The number of nitrogens with zero attached hydrogens (tertiary/aromatic N) is 1. The lowest BCUT2D eigenvalue weighted by Gasteiger charge is -2.17. The summed E-state index contributed by atoms with van der Waals surface area (Å²) in [5.74, 6) is -4.02. The zero-order valence-electron chi connectivity index (χ0n) is 7.21. The molecule has 0 amide bonds. The van der Waals surface area contributed by atoms with Gasteiger partial charge in [0.1, 0.15) is 0 Å². The molecule has 0 fully saturated rings. The number of carboxylic acid groups (broad SMARTS) is 2. The van der Waals surface area contributed by atoms with Crippen LogP contribution in [0.5, 0.6) is 0 Å². The van der Waals surface area contributed by atoms with Crippen molar-refractivity contribution in [3.05, 3.63) is 12.3 Å². The highest BCUT2D eigenvalue weighted by Gasteiger charge is 2.28. The van der Waals surface area contributed by atoms with Gasteiger partial charge in [-0.15, -0.1) is 12.4 Å². The standard InChI is InChI=1S/C7H10N2O4.ClH/c10-6(11)5(7(12)13)4-9-3-1-2-8-9;/h1-2,5,8H,3-4H2,(H,10,11)(H,12,13);1H. The van der Waals surface area contributed by atoms with Crippen molar-refractivity contribution in [3.8, 4) is 0 Å². The van der Waals surface area contributed by atoms with Crippen LogP contribution >= 0.6 is 12.4 Å². The number of halogens is 1. The van der Waals surface area contributed by atoms with Crippen molar-refractivity contribution in [1.29, 1.82) is 0 Å². The number of hydrogen-bond acceptors (Lipinski definition) is 4. The Labute approximate surface area is 86.6 Å². The van der Waals surface area contributed by atoms with E-state index in [2.05, 4.69) is 5.43 Å². The molecule has 6 nitrogen and oxygen atoms in total. The van der Waals surface area contributed by atoms with Gasteiger partial charge in [0.2, 0.25) is 0 Å². The Balaban J connectivity index is 0.00000169. The molecule has 80 valence electrons. The number of carboxylic acids is 2. The molecular formula is C7H11ClN2O4. The molecule has 7 heteroatoms. The number of rotatable bonds is 4. The summed E-state index contributed by atoms with van der Waals surface area (Å²) in [6, 6.07) is 0. The molecule has 1 aliphatic rings. The Morgan fingerprint density at radius 2 is 2.00 bits per heavy atom. The smallest absolute Gasteiger partial charge is 0.319 e. The summed E-state index contributed by atoms with van der Waals surface area (Å²) < 4.78 is 0. The zero-order valence-corrected chi connectivity index (χ0v) is 8.03. The fourth-order valence-electron chi connectivity index (χ4n) is 1.00. The summed E-state index contributed by atoms with van der Waals surface area (Å²) in [4.78, 5) is 20.9. The molecule has 0 unspecified atom stereocenters. The van der Waals surface area contributed by atoms with Crippen LogP contribution in [-0.2, 0) is 9.59 Å². The van der Waals surface area contributed by atoms with Crippen molar-refractivity contribution in [3.63, 3.8) is 0 Å². The van der Waals surface area contributed by atoms with Crippen LogP contribution in [0.4, 0.5) is 0 Å². The van der Waals surface area contributed by atoms with Gasteiger partial charge < -0.3 is 15.6 Å². The van der Waals surface area contributed by atoms with E-state index >= 15 is 0 Å². The van der Waals surface area contributed by atoms with Gasteiger partial charge in [0, 0.05) is 19.3 Å². The van der Waals surface area contributed by atoms with Crippen molar-refractivity contribution < 1.29 is 19.8 Å². The van der Waals surface area contributed by atoms with E-state index in [0.29, 0.717) is 6.54 Å². The lowest BCUT2D eigenvalue weighted by Crippen LogP contribution is -2.40. The first-order valence-electron chi connectivity index (χ1n) is 3.73. The largest absolute Gasteiger partial charge is 0.481 e. The maximum absolute atomic E-state index is 10.5. The number of carbonyl (C=O) groups is 2. The van der Waals surface area contributed by atoms with E-state index in [0.717, 1.165) is 0 Å². The van der Waals surface area contributed by atoms with Crippen molar-refractivity contribution in [2.45, 2.75) is 0 Å². The van der Waals surface area contributed by atoms with Gasteiger partial charge in [0.25, 0.3) is 0 Å². The summed E-state index contributed by atoms with van der Waals surface area (Å²) >= 11 is 0. The van der Waals surface area contributed by atoms with E-state index in [-0.39, 0.29) is 19.0 Å². The molecule has 0 atom stereocenters. The second-order valence-corrected chi connectivity index (χ2v) is 2.67. The van der Waals surface area contributed by atoms with Gasteiger partial charge in [0.15, 0.2) is 5.92 Å². The Bertz CT molecular complexity index is 234. The van der Waals surface area contributed by atoms with E-state index in [9.17, 15) is 9.59 Å². The molecular weight excluding hydrogens is 212 g/mol. The first kappa shape index (κ1) is 12.7. The molecule has 1 heterocycles. The normalized spacial score (nSPS) is 14.9. The number of nitrogens with one attached hydrogen (secondary N) is 1. The first-order valence-corrected chi connectivity index (χ1v) is 3.73. The van der Waals surface area contributed by atoms with Crippen LogP contribution in [0.25, 0.3) is 0 Å². The van der Waals surface area contributed by atoms with Crippen molar-refractivity contribution in [2.75, 3.05) is 13.1 Å². The summed E-state index contributed by atoms with van der Waals surface area (Å²) in [5.41, 5.74) is 2.72. The van der Waals surface area contributed by atoms with E-state index in [1.165, 1.54) is 5.01 Å². The molecule has 3 N–H and O–H groups in total. The van der Waals surface area contributed by atoms with Crippen molar-refractivity contribution >= 4 is 24.3 Å². The lowest BCUT2D eigenvalue weighted by molar-refractivity contribution is -0.155. The quantitative estimate of drug-likeness (QED) is 0.557. The van der Waals surface area contributed by atoms with Crippen LogP contribution in [-0.4, -0.2) is 40.3 Å². The van der Waals surface area contributed by atoms with E-state index < -0.39 is 17.9 Å². The molecule has 14 heavy (non-hydrogen) atoms. The van der Waals surface area contributed by atoms with Gasteiger partial charge in [-0.05, 0) is 0 Å². The second-order valence-electron chi connectivity index (χ2n) is 2.67. The third-order valence-electron chi connectivity index (χ3n) is 1.70. The molecule has 0 aromatic heterocycles. The third-order valence-corrected chi connectivity index (χ3v) is 1.70. The first-order chi connectivity index (χ1) is 6.11. The van der Waals surface area contributed by atoms with Crippen LogP contribution in [0.2, 0.25) is 0 Å². The van der Waals surface area contributed by atoms with Crippen molar-refractivity contribution in [2.24, 2.45) is 5.92 Å². The molecule has 0 saturated heterocycles. The zero-order chi connectivity index (χ0) is 9.84. The summed E-state index contributed by atoms with van der Waals surface area (Å²) in [6.07, 6.45) is 3.42. The average Bonchev–Trinajstić information content (AvgIpc) is 2.50. The van der Waals surface area contributed by atoms with Crippen LogP contribution in [0.1, 0.15) is 0 Å². The van der Waals surface area contributed by atoms with E-state index in [1.807, 2.05) is 0 Å². The maximum Gasteiger partial charge on any atom is 0.319 e. The van der Waals surface area contributed by atoms with Crippen LogP contribution in [0, 0.1) is 5.92 Å². The highest BCUT2D eigenvalue weighted by molar-refractivity contribution is 5.93. The Hall–Kier alpha value is -1.27. The van der Waals surface area contributed by atoms with E-state index in [1.54, 1.807) is 12.3 Å². The molecule has 1 rings (SSSR count). The topological polar surface area (TPSA) is 89.9 Å². The summed E-state index contributed by atoms with van der Waals surface area (Å²) in [7, 11) is 0. The van der Waals surface area contributed by atoms with E-state index in [4.69, 9.17) is 10.2 Å². The molecule has 0 aromatic rings. The minimum atomic E-state index is -1.38. The lowest BCUT2D eigenvalue weighted by atomic mass is 10.1. The molecule has 1 aliphatic heterocycles. The van der Waals surface area contributed by atoms with Gasteiger partial charge in [-0.1, -0.05) is 6.08 Å². The van der Waals surface area contributed by atoms with Crippen molar-refractivity contribution in [1.82, 2.24) is 10.4 Å². The molecule has 0 aromatic carbocycles. The highest BCUT2D eigenvalue weighted by atomic mass is 35.5. The molecule has 0 saturated carbocycles. The average molecular weight is 223 g/mol. The summed E-state index contributed by atoms with van der Waals surface area (Å²) in [6.45, 7) is 0.481. The maximum atomic E-state index is 10.5. The van der Waals surface area contributed by atoms with Crippen LogP contribution < -0.4 is 5.43 Å². The Morgan fingerprint density at radius 3 is 2.36 bits per heavy atom. The predicted molar refractivity (Wildman–Crippen MR) is 49.9 cm³/mol. The summed E-state index contributed by atoms with van der Waals surface area (Å²) in [5, 5.41) is 18.6. The molecule has 0 aliphatic carbocycles. The van der Waals surface area contributed by atoms with Gasteiger partial charge in [0.05, 0.1) is 0 Å². The highest BCUT2D eigenvalue weighted by Crippen LogP contribution is 2.02. The molecule has 0 radical (unpaired) electrons. The predicted octanol–water partition coefficient (Wildman–Crippen LogP) is -0.473. The molecule has 0 bridgehead atoms. The fourth-order valence-corrected chi connectivity index (χ4v) is 1.00. The van der Waals surface area contributed by atoms with Gasteiger partial charge in [-0.25, -0.2) is 5.01 Å². The minimum absolute atomic E-state index is 0. The number of hydrazine groups is 1. The number of hydrogen-bond donors (Lipinski definition) is 3. The molecule has 0 spiro atoms. The second kappa shape index (κ2) is 5.46. The van der Waals surface area contributed by atoms with Crippen LogP contribution in [0.15, 0.2) is 12.3 Å². The SMILES string of the molecule is Cl.O=C(O)C(CN1CC=CN1)C(=O)O. The van der Waals surface area contributed by atoms with Gasteiger partial charge in [-0.3, -0.25) is 9.59 Å². The minimum Gasteiger partial charge on any atom is -0.481 e. The monoisotopic (exact) mass is 222 g/mol.